The number of nitrogens with one attached hydrogen (secondary N) is 2. The molecule has 0 radical (unpaired) electrons. The number of halogens is 1. The highest BCUT2D eigenvalue weighted by Crippen LogP contribution is 2.22. The highest BCUT2D eigenvalue weighted by molar-refractivity contribution is 9.10. The molecule has 0 aliphatic heterocycles. The van der Waals surface area contributed by atoms with Crippen LogP contribution in [0, 0.1) is 6.92 Å². The van der Waals surface area contributed by atoms with E-state index in [0.717, 1.165) is 10.0 Å². The summed E-state index contributed by atoms with van der Waals surface area (Å²) < 4.78 is 11.4. The van der Waals surface area contributed by atoms with E-state index >= 15 is 0 Å². The molecule has 7 heteroatoms. The SMILES string of the molecule is COCCNC(=O)c1cccc(NC(=O)COc2ccc(Br)cc2C)c1. The average molecular weight is 421 g/mol. The molecule has 2 N–H and O–H groups in total. The lowest BCUT2D eigenvalue weighted by Gasteiger charge is -2.11. The fourth-order valence-electron chi connectivity index (χ4n) is 2.22. The standard InChI is InChI=1S/C19H21BrN2O4/c1-13-10-15(20)6-7-17(13)26-12-18(23)22-16-5-3-4-14(11-16)19(24)21-8-9-25-2/h3-7,10-11H,8-9,12H2,1-2H3,(H,21,24)(H,22,23). The van der Waals surface area contributed by atoms with Gasteiger partial charge < -0.3 is 20.1 Å². The van der Waals surface area contributed by atoms with Crippen LogP contribution in [-0.2, 0) is 9.53 Å². The minimum Gasteiger partial charge on any atom is -0.483 e. The number of aryl methyl sites for hydroxylation is 1. The van der Waals surface area contributed by atoms with E-state index in [0.29, 0.717) is 30.2 Å². The first-order chi connectivity index (χ1) is 12.5. The van der Waals surface area contributed by atoms with E-state index in [1.807, 2.05) is 19.1 Å². The molecule has 0 unspecified atom stereocenters. The number of hydrogen-bond acceptors (Lipinski definition) is 4. The Morgan fingerprint density at radius 1 is 1.15 bits per heavy atom. The Morgan fingerprint density at radius 3 is 2.69 bits per heavy atom. The van der Waals surface area contributed by atoms with E-state index in [1.165, 1.54) is 0 Å². The molecule has 0 bridgehead atoms. The second kappa shape index (κ2) is 9.94. The number of ether oxygens (including phenoxy) is 2. The Bertz CT molecular complexity index is 780. The van der Waals surface area contributed by atoms with E-state index in [9.17, 15) is 9.59 Å². The summed E-state index contributed by atoms with van der Waals surface area (Å²) in [4.78, 5) is 24.1. The van der Waals surface area contributed by atoms with Gasteiger partial charge in [-0.25, -0.2) is 0 Å². The lowest BCUT2D eigenvalue weighted by Crippen LogP contribution is -2.27. The van der Waals surface area contributed by atoms with Gasteiger partial charge in [0.15, 0.2) is 6.61 Å². The number of rotatable bonds is 8. The highest BCUT2D eigenvalue weighted by Gasteiger charge is 2.09. The number of anilines is 1. The number of methoxy groups -OCH3 is 1. The summed E-state index contributed by atoms with van der Waals surface area (Å²) in [5.74, 6) is 0.124. The van der Waals surface area contributed by atoms with Gasteiger partial charge in [-0.2, -0.15) is 0 Å². The fourth-order valence-corrected chi connectivity index (χ4v) is 2.70. The van der Waals surface area contributed by atoms with Crippen LogP contribution in [0.2, 0.25) is 0 Å². The molecule has 2 aromatic rings. The molecule has 138 valence electrons. The molecule has 0 heterocycles. The van der Waals surface area contributed by atoms with Crippen molar-refractivity contribution in [2.75, 3.05) is 32.2 Å². The van der Waals surface area contributed by atoms with Gasteiger partial charge in [-0.15, -0.1) is 0 Å². The molecule has 26 heavy (non-hydrogen) atoms. The van der Waals surface area contributed by atoms with E-state index in [4.69, 9.17) is 9.47 Å². The Hall–Kier alpha value is -2.38. The summed E-state index contributed by atoms with van der Waals surface area (Å²) in [6.07, 6.45) is 0. The number of benzene rings is 2. The van der Waals surface area contributed by atoms with Crippen LogP contribution in [0.5, 0.6) is 5.75 Å². The maximum absolute atomic E-state index is 12.1. The Morgan fingerprint density at radius 2 is 1.96 bits per heavy atom. The van der Waals surface area contributed by atoms with Crippen molar-refractivity contribution in [3.8, 4) is 5.75 Å². The average Bonchev–Trinajstić information content (AvgIpc) is 2.61. The maximum Gasteiger partial charge on any atom is 0.262 e. The molecule has 0 saturated carbocycles. The molecule has 0 aliphatic rings. The third-order valence-corrected chi connectivity index (χ3v) is 3.99. The Labute approximate surface area is 161 Å². The van der Waals surface area contributed by atoms with Crippen LogP contribution >= 0.6 is 15.9 Å². The summed E-state index contributed by atoms with van der Waals surface area (Å²) in [6, 6.07) is 12.3. The van der Waals surface area contributed by atoms with Crippen LogP contribution < -0.4 is 15.4 Å². The zero-order chi connectivity index (χ0) is 18.9. The predicted octanol–water partition coefficient (Wildman–Crippen LogP) is 3.15. The van der Waals surface area contributed by atoms with Crippen molar-refractivity contribution in [2.45, 2.75) is 6.92 Å². The van der Waals surface area contributed by atoms with E-state index in [1.54, 1.807) is 37.4 Å². The summed E-state index contributed by atoms with van der Waals surface area (Å²) >= 11 is 3.38. The Kier molecular flexibility index (Phi) is 7.62. The quantitative estimate of drug-likeness (QED) is 0.643. The van der Waals surface area contributed by atoms with E-state index in [-0.39, 0.29) is 18.4 Å². The van der Waals surface area contributed by atoms with Crippen molar-refractivity contribution in [1.82, 2.24) is 5.32 Å². The first kappa shape index (κ1) is 19.9. The van der Waals surface area contributed by atoms with Gasteiger partial charge in [-0.3, -0.25) is 9.59 Å². The minimum absolute atomic E-state index is 0.118. The molecule has 0 aliphatic carbocycles. The molecule has 2 aromatic carbocycles. The van der Waals surface area contributed by atoms with Crippen LogP contribution in [0.3, 0.4) is 0 Å². The van der Waals surface area contributed by atoms with Gasteiger partial charge in [0.2, 0.25) is 0 Å². The van der Waals surface area contributed by atoms with Crippen LogP contribution in [0.25, 0.3) is 0 Å². The first-order valence-corrected chi connectivity index (χ1v) is 8.85. The molecule has 0 aromatic heterocycles. The van der Waals surface area contributed by atoms with Gasteiger partial charge in [0.25, 0.3) is 11.8 Å². The molecule has 0 spiro atoms. The van der Waals surface area contributed by atoms with Gasteiger partial charge in [0.1, 0.15) is 5.75 Å². The normalized spacial score (nSPS) is 10.3. The van der Waals surface area contributed by atoms with E-state index in [2.05, 4.69) is 26.6 Å². The topological polar surface area (TPSA) is 76.7 Å². The number of amides is 2. The van der Waals surface area contributed by atoms with Gasteiger partial charge in [0, 0.05) is 29.4 Å². The zero-order valence-corrected chi connectivity index (χ0v) is 16.3. The van der Waals surface area contributed by atoms with E-state index < -0.39 is 0 Å². The second-order valence-electron chi connectivity index (χ2n) is 5.58. The molecule has 6 nitrogen and oxygen atoms in total. The smallest absolute Gasteiger partial charge is 0.262 e. The number of carbonyl (C=O) groups is 2. The Balaban J connectivity index is 1.90. The fraction of sp³-hybridized carbons (Fsp3) is 0.263. The highest BCUT2D eigenvalue weighted by atomic mass is 79.9. The van der Waals surface area contributed by atoms with Crippen molar-refractivity contribution in [3.63, 3.8) is 0 Å². The molecule has 0 saturated heterocycles. The molecular formula is C19H21BrN2O4. The van der Waals surface area contributed by atoms with Gasteiger partial charge >= 0.3 is 0 Å². The largest absolute Gasteiger partial charge is 0.483 e. The number of hydrogen-bond donors (Lipinski definition) is 2. The van der Waals surface area contributed by atoms with Crippen molar-refractivity contribution >= 4 is 33.4 Å². The third kappa shape index (κ3) is 6.16. The second-order valence-corrected chi connectivity index (χ2v) is 6.49. The van der Waals surface area contributed by atoms with Crippen LogP contribution in [0.15, 0.2) is 46.9 Å². The summed E-state index contributed by atoms with van der Waals surface area (Å²) in [6.45, 7) is 2.65. The van der Waals surface area contributed by atoms with Crippen molar-refractivity contribution < 1.29 is 19.1 Å². The molecule has 0 fully saturated rings. The van der Waals surface area contributed by atoms with Gasteiger partial charge in [-0.1, -0.05) is 22.0 Å². The van der Waals surface area contributed by atoms with Crippen molar-refractivity contribution in [1.29, 1.82) is 0 Å². The van der Waals surface area contributed by atoms with Crippen molar-refractivity contribution in [2.24, 2.45) is 0 Å². The number of carbonyl (C=O) groups excluding carboxylic acids is 2. The third-order valence-electron chi connectivity index (χ3n) is 3.50. The van der Waals surface area contributed by atoms with Crippen LogP contribution in [0.1, 0.15) is 15.9 Å². The molecule has 0 atom stereocenters. The predicted molar refractivity (Wildman–Crippen MR) is 104 cm³/mol. The first-order valence-electron chi connectivity index (χ1n) is 8.05. The van der Waals surface area contributed by atoms with Crippen LogP contribution in [-0.4, -0.2) is 38.7 Å². The zero-order valence-electron chi connectivity index (χ0n) is 14.7. The van der Waals surface area contributed by atoms with Crippen molar-refractivity contribution in [3.05, 3.63) is 58.1 Å². The molecule has 2 amide bonds. The summed E-state index contributed by atoms with van der Waals surface area (Å²) in [5.41, 5.74) is 1.93. The van der Waals surface area contributed by atoms with Gasteiger partial charge in [0.05, 0.1) is 6.61 Å². The van der Waals surface area contributed by atoms with Gasteiger partial charge in [-0.05, 0) is 48.9 Å². The van der Waals surface area contributed by atoms with Crippen LogP contribution in [0.4, 0.5) is 5.69 Å². The summed E-state index contributed by atoms with van der Waals surface area (Å²) in [5, 5.41) is 5.46. The maximum atomic E-state index is 12.1. The lowest BCUT2D eigenvalue weighted by atomic mass is 10.2. The monoisotopic (exact) mass is 420 g/mol. The molecular weight excluding hydrogens is 400 g/mol. The minimum atomic E-state index is -0.302. The lowest BCUT2D eigenvalue weighted by molar-refractivity contribution is -0.118. The summed E-state index contributed by atoms with van der Waals surface area (Å²) in [7, 11) is 1.57. The molecule has 2 rings (SSSR count).